The van der Waals surface area contributed by atoms with E-state index in [0.717, 1.165) is 5.69 Å². The maximum atomic E-state index is 13.1. The SMILES string of the molecule is CC/C(F)=C(\C)c1ccccn1. The number of aromatic nitrogens is 1. The highest BCUT2D eigenvalue weighted by atomic mass is 19.1. The Hall–Kier alpha value is -1.18. The zero-order chi connectivity index (χ0) is 8.97. The molecule has 0 saturated carbocycles. The third-order valence-corrected chi connectivity index (χ3v) is 1.77. The fourth-order valence-electron chi connectivity index (χ4n) is 0.989. The van der Waals surface area contributed by atoms with Crippen LogP contribution in [0.1, 0.15) is 26.0 Å². The number of halogens is 1. The summed E-state index contributed by atoms with van der Waals surface area (Å²) in [6, 6.07) is 5.49. The molecule has 1 rings (SSSR count). The van der Waals surface area contributed by atoms with Crippen molar-refractivity contribution < 1.29 is 4.39 Å². The molecule has 2 heteroatoms. The smallest absolute Gasteiger partial charge is 0.105 e. The Bertz CT molecular complexity index is 277. The van der Waals surface area contributed by atoms with E-state index in [-0.39, 0.29) is 5.83 Å². The van der Waals surface area contributed by atoms with Gasteiger partial charge in [0.05, 0.1) is 5.69 Å². The number of pyridine rings is 1. The summed E-state index contributed by atoms with van der Waals surface area (Å²) < 4.78 is 13.1. The normalized spacial score (nSPS) is 12.6. The lowest BCUT2D eigenvalue weighted by Gasteiger charge is -2.00. The largest absolute Gasteiger partial charge is 0.257 e. The molecule has 1 aromatic heterocycles. The van der Waals surface area contributed by atoms with E-state index in [1.807, 2.05) is 18.2 Å². The highest BCUT2D eigenvalue weighted by Gasteiger charge is 2.01. The summed E-state index contributed by atoms with van der Waals surface area (Å²) in [5, 5.41) is 0. The van der Waals surface area contributed by atoms with Crippen LogP contribution in [0.15, 0.2) is 30.2 Å². The zero-order valence-electron chi connectivity index (χ0n) is 7.34. The lowest BCUT2D eigenvalue weighted by atomic mass is 10.1. The fraction of sp³-hybridized carbons (Fsp3) is 0.300. The van der Waals surface area contributed by atoms with Gasteiger partial charge < -0.3 is 0 Å². The Balaban J connectivity index is 3.00. The van der Waals surface area contributed by atoms with Gasteiger partial charge in [0.25, 0.3) is 0 Å². The van der Waals surface area contributed by atoms with Gasteiger partial charge in [-0.3, -0.25) is 4.98 Å². The minimum Gasteiger partial charge on any atom is -0.257 e. The molecule has 0 aliphatic heterocycles. The molecule has 0 bridgehead atoms. The van der Waals surface area contributed by atoms with Gasteiger partial charge in [-0.05, 0) is 25.5 Å². The molecule has 0 atom stereocenters. The summed E-state index contributed by atoms with van der Waals surface area (Å²) in [6.07, 6.45) is 2.10. The number of hydrogen-bond acceptors (Lipinski definition) is 1. The number of hydrogen-bond donors (Lipinski definition) is 0. The van der Waals surface area contributed by atoms with E-state index < -0.39 is 0 Å². The quantitative estimate of drug-likeness (QED) is 0.655. The van der Waals surface area contributed by atoms with Gasteiger partial charge in [-0.2, -0.15) is 0 Å². The Morgan fingerprint density at radius 1 is 1.50 bits per heavy atom. The maximum absolute atomic E-state index is 13.1. The van der Waals surface area contributed by atoms with Crippen LogP contribution in [0.3, 0.4) is 0 Å². The van der Waals surface area contributed by atoms with Crippen LogP contribution in [0.2, 0.25) is 0 Å². The summed E-state index contributed by atoms with van der Waals surface area (Å²) in [7, 11) is 0. The molecule has 0 aliphatic carbocycles. The molecular weight excluding hydrogens is 153 g/mol. The van der Waals surface area contributed by atoms with Crippen molar-refractivity contribution in [2.24, 2.45) is 0 Å². The minimum atomic E-state index is -0.0892. The predicted octanol–water partition coefficient (Wildman–Crippen LogP) is 3.19. The second-order valence-corrected chi connectivity index (χ2v) is 2.60. The molecule has 0 radical (unpaired) electrons. The molecule has 0 N–H and O–H groups in total. The zero-order valence-corrected chi connectivity index (χ0v) is 7.34. The molecule has 64 valence electrons. The molecule has 0 aliphatic rings. The average Bonchev–Trinajstić information content (AvgIpc) is 2.17. The van der Waals surface area contributed by atoms with E-state index in [2.05, 4.69) is 4.98 Å². The van der Waals surface area contributed by atoms with Gasteiger partial charge in [-0.15, -0.1) is 0 Å². The van der Waals surface area contributed by atoms with Gasteiger partial charge in [0.1, 0.15) is 5.83 Å². The molecule has 0 spiro atoms. The summed E-state index contributed by atoms with van der Waals surface area (Å²) in [4.78, 5) is 4.05. The molecule has 0 fully saturated rings. The number of rotatable bonds is 2. The van der Waals surface area contributed by atoms with Crippen molar-refractivity contribution >= 4 is 5.57 Å². The van der Waals surface area contributed by atoms with Gasteiger partial charge >= 0.3 is 0 Å². The topological polar surface area (TPSA) is 12.9 Å². The van der Waals surface area contributed by atoms with Gasteiger partial charge in [0.15, 0.2) is 0 Å². The molecule has 1 nitrogen and oxygen atoms in total. The number of nitrogens with zero attached hydrogens (tertiary/aromatic N) is 1. The van der Waals surface area contributed by atoms with E-state index in [9.17, 15) is 4.39 Å². The lowest BCUT2D eigenvalue weighted by molar-refractivity contribution is 0.606. The predicted molar refractivity (Wildman–Crippen MR) is 48.2 cm³/mol. The van der Waals surface area contributed by atoms with Gasteiger partial charge in [0, 0.05) is 11.8 Å². The van der Waals surface area contributed by atoms with Gasteiger partial charge in [-0.1, -0.05) is 13.0 Å². The molecule has 0 amide bonds. The van der Waals surface area contributed by atoms with E-state index >= 15 is 0 Å². The standard InChI is InChI=1S/C10H12FN/c1-3-9(11)8(2)10-6-4-5-7-12-10/h4-7H,3H2,1-2H3/b9-8-. The second-order valence-electron chi connectivity index (χ2n) is 2.60. The van der Waals surface area contributed by atoms with Gasteiger partial charge in [0.2, 0.25) is 0 Å². The highest BCUT2D eigenvalue weighted by Crippen LogP contribution is 2.18. The van der Waals surface area contributed by atoms with Gasteiger partial charge in [-0.25, -0.2) is 4.39 Å². The van der Waals surface area contributed by atoms with Crippen LogP contribution in [0.4, 0.5) is 4.39 Å². The molecule has 0 unspecified atom stereocenters. The van der Waals surface area contributed by atoms with Crippen LogP contribution in [-0.2, 0) is 0 Å². The van der Waals surface area contributed by atoms with E-state index in [1.165, 1.54) is 0 Å². The van der Waals surface area contributed by atoms with E-state index in [0.29, 0.717) is 12.0 Å². The molecular formula is C10H12FN. The first-order chi connectivity index (χ1) is 5.75. The Kier molecular flexibility index (Phi) is 2.97. The first-order valence-corrected chi connectivity index (χ1v) is 4.02. The third-order valence-electron chi connectivity index (χ3n) is 1.77. The number of allylic oxidation sites excluding steroid dienone is 2. The average molecular weight is 165 g/mol. The summed E-state index contributed by atoms with van der Waals surface area (Å²) in [5.74, 6) is -0.0892. The Morgan fingerprint density at radius 3 is 2.75 bits per heavy atom. The third kappa shape index (κ3) is 1.91. The molecule has 0 aromatic carbocycles. The van der Waals surface area contributed by atoms with Crippen molar-refractivity contribution in [2.45, 2.75) is 20.3 Å². The van der Waals surface area contributed by atoms with E-state index in [1.54, 1.807) is 20.0 Å². The monoisotopic (exact) mass is 165 g/mol. The molecule has 12 heavy (non-hydrogen) atoms. The lowest BCUT2D eigenvalue weighted by Crippen LogP contribution is -1.86. The van der Waals surface area contributed by atoms with Crippen molar-refractivity contribution in [2.75, 3.05) is 0 Å². The van der Waals surface area contributed by atoms with Crippen LogP contribution in [0.5, 0.6) is 0 Å². The van der Waals surface area contributed by atoms with Crippen LogP contribution >= 0.6 is 0 Å². The van der Waals surface area contributed by atoms with Crippen molar-refractivity contribution in [3.63, 3.8) is 0 Å². The first kappa shape index (κ1) is 8.91. The van der Waals surface area contributed by atoms with Crippen LogP contribution in [-0.4, -0.2) is 4.98 Å². The maximum Gasteiger partial charge on any atom is 0.105 e. The minimum absolute atomic E-state index is 0.0892. The Morgan fingerprint density at radius 2 is 2.25 bits per heavy atom. The Labute approximate surface area is 72.0 Å². The summed E-state index contributed by atoms with van der Waals surface area (Å²) in [6.45, 7) is 3.54. The molecule has 1 heterocycles. The second kappa shape index (κ2) is 4.00. The molecule has 0 saturated heterocycles. The van der Waals surface area contributed by atoms with E-state index in [4.69, 9.17) is 0 Å². The van der Waals surface area contributed by atoms with Crippen molar-refractivity contribution in [1.82, 2.24) is 4.98 Å². The fourth-order valence-corrected chi connectivity index (χ4v) is 0.989. The van der Waals surface area contributed by atoms with Crippen molar-refractivity contribution in [1.29, 1.82) is 0 Å². The summed E-state index contributed by atoms with van der Waals surface area (Å²) >= 11 is 0. The van der Waals surface area contributed by atoms with Crippen molar-refractivity contribution in [3.8, 4) is 0 Å². The van der Waals surface area contributed by atoms with Crippen LogP contribution < -0.4 is 0 Å². The summed E-state index contributed by atoms with van der Waals surface area (Å²) in [5.41, 5.74) is 1.36. The van der Waals surface area contributed by atoms with Crippen LogP contribution in [0, 0.1) is 0 Å². The van der Waals surface area contributed by atoms with Crippen LogP contribution in [0.25, 0.3) is 5.57 Å². The van der Waals surface area contributed by atoms with Crippen molar-refractivity contribution in [3.05, 3.63) is 35.9 Å². The first-order valence-electron chi connectivity index (χ1n) is 4.02. The molecule has 1 aromatic rings. The highest BCUT2D eigenvalue weighted by molar-refractivity contribution is 5.62.